The van der Waals surface area contributed by atoms with E-state index in [1.165, 1.54) is 5.56 Å². The van der Waals surface area contributed by atoms with E-state index in [0.717, 1.165) is 24.7 Å². The monoisotopic (exact) mass is 164 g/mol. The van der Waals surface area contributed by atoms with E-state index in [-0.39, 0.29) is 0 Å². The molecule has 0 radical (unpaired) electrons. The molecule has 64 valence electrons. The van der Waals surface area contributed by atoms with E-state index in [1.807, 2.05) is 13.0 Å². The van der Waals surface area contributed by atoms with Crippen LogP contribution in [0.5, 0.6) is 5.88 Å². The highest BCUT2D eigenvalue weighted by Gasteiger charge is 2.11. The summed E-state index contributed by atoms with van der Waals surface area (Å²) in [5.74, 6) is 0.736. The summed E-state index contributed by atoms with van der Waals surface area (Å²) in [6, 6.07) is 4.00. The number of hydrogen-bond donors (Lipinski definition) is 1. The Morgan fingerprint density at radius 3 is 3.25 bits per heavy atom. The van der Waals surface area contributed by atoms with Crippen molar-refractivity contribution >= 4 is 0 Å². The van der Waals surface area contributed by atoms with E-state index in [9.17, 15) is 0 Å². The molecule has 0 saturated heterocycles. The third kappa shape index (κ3) is 1.28. The van der Waals surface area contributed by atoms with E-state index >= 15 is 0 Å². The summed E-state index contributed by atoms with van der Waals surface area (Å²) < 4.78 is 5.29. The van der Waals surface area contributed by atoms with Crippen LogP contribution in [0, 0.1) is 0 Å². The fraction of sp³-hybridized carbons (Fsp3) is 0.444. The molecule has 1 aromatic heterocycles. The van der Waals surface area contributed by atoms with Gasteiger partial charge in [0.15, 0.2) is 0 Å². The maximum atomic E-state index is 5.29. The van der Waals surface area contributed by atoms with Gasteiger partial charge in [0.2, 0.25) is 5.88 Å². The molecule has 0 aliphatic carbocycles. The van der Waals surface area contributed by atoms with Gasteiger partial charge in [0.1, 0.15) is 0 Å². The van der Waals surface area contributed by atoms with Gasteiger partial charge in [-0.25, -0.2) is 4.98 Å². The van der Waals surface area contributed by atoms with Crippen LogP contribution in [0.1, 0.15) is 18.2 Å². The Kier molecular flexibility index (Phi) is 1.96. The lowest BCUT2D eigenvalue weighted by molar-refractivity contribution is 0.326. The van der Waals surface area contributed by atoms with Gasteiger partial charge < -0.3 is 10.1 Å². The van der Waals surface area contributed by atoms with Gasteiger partial charge in [-0.3, -0.25) is 0 Å². The normalized spacial score (nSPS) is 14.4. The first-order chi connectivity index (χ1) is 5.90. The molecule has 2 heterocycles. The van der Waals surface area contributed by atoms with Crippen LogP contribution in [0.3, 0.4) is 0 Å². The SMILES string of the molecule is CCOc1ccc2c(n1)CNC2. The minimum Gasteiger partial charge on any atom is -0.478 e. The Morgan fingerprint density at radius 2 is 2.42 bits per heavy atom. The van der Waals surface area contributed by atoms with Gasteiger partial charge in [0.05, 0.1) is 12.3 Å². The average molecular weight is 164 g/mol. The average Bonchev–Trinajstić information content (AvgIpc) is 2.51. The van der Waals surface area contributed by atoms with E-state index in [2.05, 4.69) is 16.4 Å². The fourth-order valence-electron chi connectivity index (χ4n) is 1.37. The summed E-state index contributed by atoms with van der Waals surface area (Å²) in [4.78, 5) is 4.36. The van der Waals surface area contributed by atoms with Gasteiger partial charge in [-0.2, -0.15) is 0 Å². The van der Waals surface area contributed by atoms with Crippen LogP contribution in [0.4, 0.5) is 0 Å². The van der Waals surface area contributed by atoms with Gasteiger partial charge in [0.25, 0.3) is 0 Å². The Bertz CT molecular complexity index is 286. The molecule has 1 aliphatic heterocycles. The van der Waals surface area contributed by atoms with Crippen molar-refractivity contribution in [2.24, 2.45) is 0 Å². The van der Waals surface area contributed by atoms with Crippen LogP contribution < -0.4 is 10.1 Å². The lowest BCUT2D eigenvalue weighted by atomic mass is 10.2. The van der Waals surface area contributed by atoms with Crippen molar-refractivity contribution in [1.82, 2.24) is 10.3 Å². The molecule has 1 N–H and O–H groups in total. The van der Waals surface area contributed by atoms with Crippen LogP contribution in [0.2, 0.25) is 0 Å². The smallest absolute Gasteiger partial charge is 0.213 e. The van der Waals surface area contributed by atoms with Crippen LogP contribution in [-0.2, 0) is 13.1 Å². The van der Waals surface area contributed by atoms with Crippen LogP contribution >= 0.6 is 0 Å². The standard InChI is InChI=1S/C9H12N2O/c1-2-12-9-4-3-7-5-10-6-8(7)11-9/h3-4,10H,2,5-6H2,1H3. The van der Waals surface area contributed by atoms with Crippen LogP contribution in [-0.4, -0.2) is 11.6 Å². The first-order valence-electron chi connectivity index (χ1n) is 4.22. The van der Waals surface area contributed by atoms with Gasteiger partial charge in [-0.05, 0) is 12.5 Å². The number of aromatic nitrogens is 1. The summed E-state index contributed by atoms with van der Waals surface area (Å²) in [6.45, 7) is 4.46. The highest BCUT2D eigenvalue weighted by Crippen LogP contribution is 2.16. The molecule has 0 bridgehead atoms. The van der Waals surface area contributed by atoms with Crippen LogP contribution in [0.15, 0.2) is 12.1 Å². The Morgan fingerprint density at radius 1 is 1.50 bits per heavy atom. The molecule has 0 spiro atoms. The Balaban J connectivity index is 2.26. The summed E-state index contributed by atoms with van der Waals surface area (Å²) in [7, 11) is 0. The molecule has 0 amide bonds. The Hall–Kier alpha value is -1.09. The number of pyridine rings is 1. The molecule has 3 nitrogen and oxygen atoms in total. The van der Waals surface area contributed by atoms with E-state index in [1.54, 1.807) is 0 Å². The maximum absolute atomic E-state index is 5.29. The van der Waals surface area contributed by atoms with Crippen molar-refractivity contribution in [1.29, 1.82) is 0 Å². The first-order valence-corrected chi connectivity index (χ1v) is 4.22. The van der Waals surface area contributed by atoms with Crippen molar-refractivity contribution in [3.63, 3.8) is 0 Å². The lowest BCUT2D eigenvalue weighted by Gasteiger charge is -2.02. The second-order valence-corrected chi connectivity index (χ2v) is 2.79. The van der Waals surface area contributed by atoms with Gasteiger partial charge in [-0.1, -0.05) is 6.07 Å². The van der Waals surface area contributed by atoms with E-state index in [0.29, 0.717) is 6.61 Å². The zero-order chi connectivity index (χ0) is 8.39. The zero-order valence-corrected chi connectivity index (χ0v) is 7.13. The second-order valence-electron chi connectivity index (χ2n) is 2.79. The lowest BCUT2D eigenvalue weighted by Crippen LogP contribution is -2.00. The molecule has 1 aliphatic rings. The molecule has 12 heavy (non-hydrogen) atoms. The van der Waals surface area contributed by atoms with Crippen LogP contribution in [0.25, 0.3) is 0 Å². The third-order valence-electron chi connectivity index (χ3n) is 1.94. The molecular formula is C9H12N2O. The molecule has 2 rings (SSSR count). The Labute approximate surface area is 71.8 Å². The molecular weight excluding hydrogens is 152 g/mol. The predicted molar refractivity (Wildman–Crippen MR) is 45.9 cm³/mol. The number of nitrogens with zero attached hydrogens (tertiary/aromatic N) is 1. The second kappa shape index (κ2) is 3.11. The largest absolute Gasteiger partial charge is 0.478 e. The van der Waals surface area contributed by atoms with Crippen molar-refractivity contribution < 1.29 is 4.74 Å². The quantitative estimate of drug-likeness (QED) is 0.710. The summed E-state index contributed by atoms with van der Waals surface area (Å²) in [5.41, 5.74) is 2.42. The summed E-state index contributed by atoms with van der Waals surface area (Å²) in [6.07, 6.45) is 0. The third-order valence-corrected chi connectivity index (χ3v) is 1.94. The number of rotatable bonds is 2. The minimum atomic E-state index is 0.680. The predicted octanol–water partition coefficient (Wildman–Crippen LogP) is 1.08. The summed E-state index contributed by atoms with van der Waals surface area (Å²) >= 11 is 0. The zero-order valence-electron chi connectivity index (χ0n) is 7.13. The molecule has 0 saturated carbocycles. The minimum absolute atomic E-state index is 0.680. The summed E-state index contributed by atoms with van der Waals surface area (Å²) in [5, 5.41) is 3.24. The van der Waals surface area contributed by atoms with Crippen molar-refractivity contribution in [3.05, 3.63) is 23.4 Å². The maximum Gasteiger partial charge on any atom is 0.213 e. The molecule has 0 aromatic carbocycles. The van der Waals surface area contributed by atoms with Crippen molar-refractivity contribution in [3.8, 4) is 5.88 Å². The van der Waals surface area contributed by atoms with Crippen molar-refractivity contribution in [2.45, 2.75) is 20.0 Å². The van der Waals surface area contributed by atoms with Gasteiger partial charge in [0, 0.05) is 19.2 Å². The highest BCUT2D eigenvalue weighted by molar-refractivity contribution is 5.28. The molecule has 0 unspecified atom stereocenters. The molecule has 0 fully saturated rings. The molecule has 3 heteroatoms. The van der Waals surface area contributed by atoms with E-state index in [4.69, 9.17) is 4.74 Å². The van der Waals surface area contributed by atoms with E-state index < -0.39 is 0 Å². The number of hydrogen-bond acceptors (Lipinski definition) is 3. The molecule has 0 atom stereocenters. The molecule has 1 aromatic rings. The topological polar surface area (TPSA) is 34.1 Å². The van der Waals surface area contributed by atoms with Gasteiger partial charge >= 0.3 is 0 Å². The fourth-order valence-corrected chi connectivity index (χ4v) is 1.37. The number of fused-ring (bicyclic) bond motifs is 1. The number of ether oxygens (including phenoxy) is 1. The first kappa shape index (κ1) is 7.55. The number of nitrogens with one attached hydrogen (secondary N) is 1. The highest BCUT2D eigenvalue weighted by atomic mass is 16.5. The van der Waals surface area contributed by atoms with Gasteiger partial charge in [-0.15, -0.1) is 0 Å². The van der Waals surface area contributed by atoms with Crippen molar-refractivity contribution in [2.75, 3.05) is 6.61 Å².